The van der Waals surface area contributed by atoms with Gasteiger partial charge in [-0.3, -0.25) is 0 Å². The van der Waals surface area contributed by atoms with Crippen LogP contribution >= 0.6 is 34.8 Å². The van der Waals surface area contributed by atoms with Gasteiger partial charge in [0.05, 0.1) is 10.0 Å². The lowest BCUT2D eigenvalue weighted by molar-refractivity contribution is -0.274. The molecule has 0 aromatic heterocycles. The van der Waals surface area contributed by atoms with Crippen molar-refractivity contribution in [3.63, 3.8) is 0 Å². The molecule has 0 heterocycles. The molecule has 0 aliphatic carbocycles. The second-order valence-corrected chi connectivity index (χ2v) is 3.84. The van der Waals surface area contributed by atoms with Crippen LogP contribution in [-0.2, 0) is 0 Å². The second kappa shape index (κ2) is 4.28. The summed E-state index contributed by atoms with van der Waals surface area (Å²) in [4.78, 5) is 0. The van der Waals surface area contributed by atoms with Gasteiger partial charge in [0.2, 0.25) is 0 Å². The number of halogens is 6. The van der Waals surface area contributed by atoms with Crippen molar-refractivity contribution in [2.24, 2.45) is 0 Å². The molecular weight excluding hydrogens is 275 g/mol. The van der Waals surface area contributed by atoms with E-state index in [0.29, 0.717) is 5.56 Å². The topological polar surface area (TPSA) is 9.23 Å². The number of alkyl halides is 3. The molecular formula is C8H4Cl3F3O. The summed E-state index contributed by atoms with van der Waals surface area (Å²) in [7, 11) is 0. The minimum Gasteiger partial charge on any atom is -0.403 e. The molecule has 0 aliphatic heterocycles. The van der Waals surface area contributed by atoms with Gasteiger partial charge in [-0.1, -0.05) is 34.8 Å². The highest BCUT2D eigenvalue weighted by Crippen LogP contribution is 2.42. The summed E-state index contributed by atoms with van der Waals surface area (Å²) in [5.41, 5.74) is 0.473. The summed E-state index contributed by atoms with van der Waals surface area (Å²) in [6, 6.07) is 1.25. The summed E-state index contributed by atoms with van der Waals surface area (Å²) < 4.78 is 39.5. The van der Waals surface area contributed by atoms with Crippen LogP contribution in [0.1, 0.15) is 5.56 Å². The molecule has 1 aromatic rings. The Balaban J connectivity index is 3.24. The summed E-state index contributed by atoms with van der Waals surface area (Å²) in [6.45, 7) is 1.57. The van der Waals surface area contributed by atoms with Gasteiger partial charge in [-0.15, -0.1) is 13.2 Å². The molecule has 0 radical (unpaired) electrons. The molecule has 0 saturated heterocycles. The van der Waals surface area contributed by atoms with Crippen LogP contribution in [0.4, 0.5) is 13.2 Å². The Morgan fingerprint density at radius 3 is 2.13 bits per heavy atom. The van der Waals surface area contributed by atoms with E-state index < -0.39 is 12.1 Å². The Bertz CT molecular complexity index is 390. The van der Waals surface area contributed by atoms with E-state index in [9.17, 15) is 13.2 Å². The fourth-order valence-corrected chi connectivity index (χ4v) is 1.68. The quantitative estimate of drug-likeness (QED) is 0.667. The fraction of sp³-hybridized carbons (Fsp3) is 0.250. The van der Waals surface area contributed by atoms with Crippen molar-refractivity contribution in [1.82, 2.24) is 0 Å². The van der Waals surface area contributed by atoms with Gasteiger partial charge in [-0.05, 0) is 18.6 Å². The highest BCUT2D eigenvalue weighted by Gasteiger charge is 2.33. The average molecular weight is 279 g/mol. The van der Waals surface area contributed by atoms with Crippen LogP contribution in [0.5, 0.6) is 5.75 Å². The molecule has 0 fully saturated rings. The summed E-state index contributed by atoms with van der Waals surface area (Å²) >= 11 is 16.8. The van der Waals surface area contributed by atoms with E-state index in [1.54, 1.807) is 6.92 Å². The molecule has 84 valence electrons. The molecule has 1 rings (SSSR count). The van der Waals surface area contributed by atoms with E-state index in [1.165, 1.54) is 6.07 Å². The Morgan fingerprint density at radius 2 is 1.67 bits per heavy atom. The SMILES string of the molecule is Cc1cc(Cl)c(OC(F)(F)F)c(Cl)c1Cl. The van der Waals surface area contributed by atoms with E-state index in [1.807, 2.05) is 0 Å². The van der Waals surface area contributed by atoms with E-state index >= 15 is 0 Å². The van der Waals surface area contributed by atoms with Crippen LogP contribution in [0.25, 0.3) is 0 Å². The zero-order valence-corrected chi connectivity index (χ0v) is 9.52. The number of ether oxygens (including phenoxy) is 1. The molecule has 0 atom stereocenters. The monoisotopic (exact) mass is 278 g/mol. The third-order valence-corrected chi connectivity index (χ3v) is 2.74. The lowest BCUT2D eigenvalue weighted by Crippen LogP contribution is -2.17. The van der Waals surface area contributed by atoms with Gasteiger partial charge in [0, 0.05) is 0 Å². The first-order chi connectivity index (χ1) is 6.72. The second-order valence-electron chi connectivity index (χ2n) is 2.68. The van der Waals surface area contributed by atoms with Crippen LogP contribution in [0.15, 0.2) is 6.07 Å². The molecule has 0 saturated carbocycles. The zero-order chi connectivity index (χ0) is 11.8. The number of hydrogen-bond donors (Lipinski definition) is 0. The molecule has 0 bridgehead atoms. The summed E-state index contributed by atoms with van der Waals surface area (Å²) in [5.74, 6) is -0.679. The number of hydrogen-bond acceptors (Lipinski definition) is 1. The Kier molecular flexibility index (Phi) is 3.63. The highest BCUT2D eigenvalue weighted by molar-refractivity contribution is 6.45. The van der Waals surface area contributed by atoms with E-state index in [4.69, 9.17) is 34.8 Å². The van der Waals surface area contributed by atoms with Crippen LogP contribution in [0, 0.1) is 6.92 Å². The van der Waals surface area contributed by atoms with Crippen LogP contribution in [0.2, 0.25) is 15.1 Å². The Hall–Kier alpha value is -0.320. The third-order valence-electron chi connectivity index (χ3n) is 1.52. The normalized spacial score (nSPS) is 11.7. The molecule has 0 unspecified atom stereocenters. The summed E-state index contributed by atoms with van der Waals surface area (Å²) in [6.07, 6.45) is -4.86. The minimum atomic E-state index is -4.86. The van der Waals surface area contributed by atoms with Crippen LogP contribution in [-0.4, -0.2) is 6.36 Å². The molecule has 0 spiro atoms. The maximum absolute atomic E-state index is 12.0. The first-order valence-electron chi connectivity index (χ1n) is 3.62. The van der Waals surface area contributed by atoms with E-state index in [0.717, 1.165) is 0 Å². The molecule has 1 nitrogen and oxygen atoms in total. The zero-order valence-electron chi connectivity index (χ0n) is 7.25. The molecule has 7 heteroatoms. The number of aryl methyl sites for hydroxylation is 1. The molecule has 1 aromatic carbocycles. The predicted molar refractivity (Wildman–Crippen MR) is 52.9 cm³/mol. The highest BCUT2D eigenvalue weighted by atomic mass is 35.5. The predicted octanol–water partition coefficient (Wildman–Crippen LogP) is 4.85. The van der Waals surface area contributed by atoms with Gasteiger partial charge < -0.3 is 4.74 Å². The molecule has 15 heavy (non-hydrogen) atoms. The van der Waals surface area contributed by atoms with Gasteiger partial charge in [0.1, 0.15) is 5.02 Å². The van der Waals surface area contributed by atoms with Crippen molar-refractivity contribution in [2.45, 2.75) is 13.3 Å². The molecule has 0 N–H and O–H groups in total. The van der Waals surface area contributed by atoms with Gasteiger partial charge in [0.25, 0.3) is 0 Å². The van der Waals surface area contributed by atoms with Gasteiger partial charge in [0.15, 0.2) is 5.75 Å². The van der Waals surface area contributed by atoms with Crippen molar-refractivity contribution in [1.29, 1.82) is 0 Å². The third kappa shape index (κ3) is 3.06. The van der Waals surface area contributed by atoms with Crippen LogP contribution < -0.4 is 4.74 Å². The lowest BCUT2D eigenvalue weighted by atomic mass is 10.2. The number of benzene rings is 1. The fourth-order valence-electron chi connectivity index (χ4n) is 0.906. The minimum absolute atomic E-state index is 0.0136. The Labute approximate surface area is 98.7 Å². The van der Waals surface area contributed by atoms with Crippen molar-refractivity contribution < 1.29 is 17.9 Å². The first kappa shape index (κ1) is 12.7. The van der Waals surface area contributed by atoms with Crippen molar-refractivity contribution in [3.05, 3.63) is 26.7 Å². The van der Waals surface area contributed by atoms with Crippen molar-refractivity contribution in [3.8, 4) is 5.75 Å². The maximum Gasteiger partial charge on any atom is 0.573 e. The van der Waals surface area contributed by atoms with Gasteiger partial charge in [-0.25, -0.2) is 0 Å². The standard InChI is InChI=1S/C8H4Cl3F3O/c1-3-2-4(9)7(6(11)5(3)10)15-8(12,13)14/h2H,1H3. The van der Waals surface area contributed by atoms with Crippen LogP contribution in [0.3, 0.4) is 0 Å². The van der Waals surface area contributed by atoms with E-state index in [2.05, 4.69) is 4.74 Å². The van der Waals surface area contributed by atoms with Crippen molar-refractivity contribution >= 4 is 34.8 Å². The first-order valence-corrected chi connectivity index (χ1v) is 4.75. The van der Waals surface area contributed by atoms with Gasteiger partial charge >= 0.3 is 6.36 Å². The lowest BCUT2D eigenvalue weighted by Gasteiger charge is -2.13. The van der Waals surface area contributed by atoms with Crippen molar-refractivity contribution in [2.75, 3.05) is 0 Å². The largest absolute Gasteiger partial charge is 0.573 e. The smallest absolute Gasteiger partial charge is 0.403 e. The Morgan fingerprint density at radius 1 is 1.13 bits per heavy atom. The average Bonchev–Trinajstić information content (AvgIpc) is 2.07. The maximum atomic E-state index is 12.0. The molecule has 0 amide bonds. The van der Waals surface area contributed by atoms with E-state index in [-0.39, 0.29) is 15.1 Å². The summed E-state index contributed by atoms with van der Waals surface area (Å²) in [5, 5.41) is -0.599. The van der Waals surface area contributed by atoms with Gasteiger partial charge in [-0.2, -0.15) is 0 Å². The molecule has 0 aliphatic rings. The number of rotatable bonds is 1.